The first-order chi connectivity index (χ1) is 10.4. The van der Waals surface area contributed by atoms with Crippen molar-refractivity contribution < 1.29 is 14.3 Å². The third kappa shape index (κ3) is 3.07. The van der Waals surface area contributed by atoms with E-state index >= 15 is 0 Å². The maximum Gasteiger partial charge on any atom is 0.166 e. The number of allylic oxidation sites excluding steroid dienone is 4. The molecular formula is C19H18O3. The molecule has 3 nitrogen and oxygen atoms in total. The van der Waals surface area contributed by atoms with E-state index in [9.17, 15) is 4.79 Å². The van der Waals surface area contributed by atoms with Gasteiger partial charge in [-0.15, -0.1) is 0 Å². The molecule has 1 atom stereocenters. The van der Waals surface area contributed by atoms with E-state index in [2.05, 4.69) is 12.0 Å². The molecule has 1 unspecified atom stereocenters. The number of carbonyl (C=O) groups is 1. The van der Waals surface area contributed by atoms with Gasteiger partial charge in [-0.05, 0) is 51.0 Å². The van der Waals surface area contributed by atoms with Crippen LogP contribution >= 0.6 is 0 Å². The molecule has 0 saturated carbocycles. The van der Waals surface area contributed by atoms with Gasteiger partial charge >= 0.3 is 0 Å². The normalized spacial score (nSPS) is 19.1. The van der Waals surface area contributed by atoms with Crippen LogP contribution in [0, 0.1) is 23.4 Å². The van der Waals surface area contributed by atoms with Crippen LogP contribution in [0.25, 0.3) is 0 Å². The number of hydrogen-bond acceptors (Lipinski definition) is 3. The molecule has 0 saturated heterocycles. The zero-order chi connectivity index (χ0) is 15.7. The third-order valence-electron chi connectivity index (χ3n) is 3.49. The van der Waals surface area contributed by atoms with Gasteiger partial charge < -0.3 is 9.47 Å². The molecule has 0 bridgehead atoms. The van der Waals surface area contributed by atoms with E-state index in [4.69, 9.17) is 9.47 Å². The van der Waals surface area contributed by atoms with Crippen LogP contribution in [-0.4, -0.2) is 5.78 Å². The fraction of sp³-hybridized carbons (Fsp3) is 0.316. The lowest BCUT2D eigenvalue weighted by atomic mass is 9.88. The fourth-order valence-electron chi connectivity index (χ4n) is 2.36. The van der Waals surface area contributed by atoms with Crippen molar-refractivity contribution in [3.8, 4) is 23.5 Å². The first kappa shape index (κ1) is 14.5. The van der Waals surface area contributed by atoms with Crippen molar-refractivity contribution >= 4 is 5.78 Å². The Morgan fingerprint density at radius 1 is 1.32 bits per heavy atom. The molecule has 0 aromatic heterocycles. The quantitative estimate of drug-likeness (QED) is 0.742. The van der Waals surface area contributed by atoms with Gasteiger partial charge in [0.1, 0.15) is 23.4 Å². The molecule has 0 fully saturated rings. The Kier molecular flexibility index (Phi) is 3.54. The number of rotatable bonds is 1. The highest BCUT2D eigenvalue weighted by Gasteiger charge is 2.31. The number of carbonyl (C=O) groups excluding carboxylic acids is 1. The van der Waals surface area contributed by atoms with Gasteiger partial charge in [-0.2, -0.15) is 0 Å². The summed E-state index contributed by atoms with van der Waals surface area (Å²) < 4.78 is 11.3. The summed E-state index contributed by atoms with van der Waals surface area (Å²) in [7, 11) is 0. The minimum atomic E-state index is -0.190. The lowest BCUT2D eigenvalue weighted by Gasteiger charge is -2.27. The van der Waals surface area contributed by atoms with Crippen LogP contribution in [0.2, 0.25) is 0 Å². The summed E-state index contributed by atoms with van der Waals surface area (Å²) in [5.41, 5.74) is 0.916. The molecule has 0 N–H and O–H groups in total. The molecule has 22 heavy (non-hydrogen) atoms. The van der Waals surface area contributed by atoms with Crippen LogP contribution in [0.15, 0.2) is 42.2 Å². The van der Waals surface area contributed by atoms with E-state index in [-0.39, 0.29) is 17.1 Å². The molecule has 0 amide bonds. The van der Waals surface area contributed by atoms with Crippen molar-refractivity contribution in [3.63, 3.8) is 0 Å². The summed E-state index contributed by atoms with van der Waals surface area (Å²) in [6, 6.07) is 5.62. The number of ether oxygens (including phenoxy) is 2. The highest BCUT2D eigenvalue weighted by atomic mass is 16.5. The molecule has 0 spiro atoms. The van der Waals surface area contributed by atoms with Gasteiger partial charge in [0.2, 0.25) is 0 Å². The van der Waals surface area contributed by atoms with Crippen molar-refractivity contribution in [2.75, 3.05) is 0 Å². The second-order valence-corrected chi connectivity index (χ2v) is 6.54. The fourth-order valence-corrected chi connectivity index (χ4v) is 2.36. The van der Waals surface area contributed by atoms with Gasteiger partial charge in [-0.25, -0.2) is 0 Å². The van der Waals surface area contributed by atoms with E-state index in [0.29, 0.717) is 17.9 Å². The zero-order valence-electron chi connectivity index (χ0n) is 13.0. The summed E-state index contributed by atoms with van der Waals surface area (Å²) in [6.07, 6.45) is 8.57. The maximum atomic E-state index is 11.9. The third-order valence-corrected chi connectivity index (χ3v) is 3.49. The lowest BCUT2D eigenvalue weighted by molar-refractivity contribution is -0.118. The topological polar surface area (TPSA) is 35.5 Å². The average molecular weight is 294 g/mol. The Morgan fingerprint density at radius 3 is 2.91 bits per heavy atom. The maximum absolute atomic E-state index is 11.9. The van der Waals surface area contributed by atoms with Crippen molar-refractivity contribution in [1.82, 2.24) is 0 Å². The van der Waals surface area contributed by atoms with Crippen LogP contribution in [0.3, 0.4) is 0 Å². The van der Waals surface area contributed by atoms with Crippen molar-refractivity contribution in [2.24, 2.45) is 11.3 Å². The molecule has 3 rings (SSSR count). The van der Waals surface area contributed by atoms with Crippen LogP contribution in [-0.2, 0) is 11.2 Å². The van der Waals surface area contributed by atoms with Crippen molar-refractivity contribution in [3.05, 3.63) is 47.7 Å². The molecular weight excluding hydrogens is 276 g/mol. The van der Waals surface area contributed by atoms with Gasteiger partial charge in [0, 0.05) is 11.5 Å². The Hall–Kier alpha value is -2.47. The summed E-state index contributed by atoms with van der Waals surface area (Å²) in [6.45, 7) is 6.08. The van der Waals surface area contributed by atoms with E-state index < -0.39 is 0 Å². The predicted octanol–water partition coefficient (Wildman–Crippen LogP) is 3.65. The first-order valence-electron chi connectivity index (χ1n) is 7.34. The Balaban J connectivity index is 1.82. The van der Waals surface area contributed by atoms with Gasteiger partial charge in [-0.1, -0.05) is 18.1 Å². The minimum Gasteiger partial charge on any atom is -0.461 e. The average Bonchev–Trinajstić information content (AvgIpc) is 2.44. The summed E-state index contributed by atoms with van der Waals surface area (Å²) >= 11 is 0. The van der Waals surface area contributed by atoms with Crippen LogP contribution in [0.4, 0.5) is 0 Å². The Labute approximate surface area is 130 Å². The molecule has 1 aliphatic heterocycles. The lowest BCUT2D eigenvalue weighted by Crippen LogP contribution is -2.26. The standard InChI is InChI=1S/C19H18O3/c1-19(2,3)9-10-21-14-8-7-13-11-15-16(20)5-4-6-17(15)22-18(13)12-14/h4-8,12,15H,11H2,1-3H3. The monoisotopic (exact) mass is 294 g/mol. The second-order valence-electron chi connectivity index (χ2n) is 6.54. The largest absolute Gasteiger partial charge is 0.461 e. The Bertz CT molecular complexity index is 736. The molecule has 1 aromatic rings. The van der Waals surface area contributed by atoms with E-state index in [1.807, 2.05) is 45.0 Å². The van der Waals surface area contributed by atoms with Crippen molar-refractivity contribution in [1.29, 1.82) is 0 Å². The van der Waals surface area contributed by atoms with Crippen LogP contribution < -0.4 is 9.47 Å². The van der Waals surface area contributed by atoms with Crippen LogP contribution in [0.1, 0.15) is 26.3 Å². The second kappa shape index (κ2) is 5.38. The number of fused-ring (bicyclic) bond motifs is 2. The molecule has 2 aliphatic rings. The van der Waals surface area contributed by atoms with Crippen LogP contribution in [0.5, 0.6) is 11.5 Å². The molecule has 1 aromatic carbocycles. The van der Waals surface area contributed by atoms with E-state index in [1.54, 1.807) is 12.2 Å². The number of benzene rings is 1. The van der Waals surface area contributed by atoms with Gasteiger partial charge in [0.05, 0.1) is 5.92 Å². The van der Waals surface area contributed by atoms with Gasteiger partial charge in [-0.3, -0.25) is 4.79 Å². The SMILES string of the molecule is CC(C)(C)C#COc1ccc2c(c1)OC1=CC=CC(=O)C1C2. The van der Waals surface area contributed by atoms with Gasteiger partial charge in [0.25, 0.3) is 0 Å². The van der Waals surface area contributed by atoms with E-state index in [0.717, 1.165) is 11.3 Å². The zero-order valence-corrected chi connectivity index (χ0v) is 13.0. The van der Waals surface area contributed by atoms with Gasteiger partial charge in [0.15, 0.2) is 5.78 Å². The summed E-state index contributed by atoms with van der Waals surface area (Å²) in [4.78, 5) is 11.9. The smallest absolute Gasteiger partial charge is 0.166 e. The Morgan fingerprint density at radius 2 is 2.14 bits per heavy atom. The van der Waals surface area contributed by atoms with E-state index in [1.165, 1.54) is 0 Å². The summed E-state index contributed by atoms with van der Waals surface area (Å²) in [5.74, 6) is 5.02. The predicted molar refractivity (Wildman–Crippen MR) is 84.4 cm³/mol. The number of hydrogen-bond donors (Lipinski definition) is 0. The minimum absolute atomic E-state index is 0.0968. The molecule has 1 heterocycles. The highest BCUT2D eigenvalue weighted by Crippen LogP contribution is 2.37. The molecule has 0 radical (unpaired) electrons. The van der Waals surface area contributed by atoms with Crippen molar-refractivity contribution in [2.45, 2.75) is 27.2 Å². The first-order valence-corrected chi connectivity index (χ1v) is 7.34. The molecule has 112 valence electrons. The molecule has 3 heteroatoms. The highest BCUT2D eigenvalue weighted by molar-refractivity contribution is 5.95. The molecule has 1 aliphatic carbocycles. The number of ketones is 1. The summed E-state index contributed by atoms with van der Waals surface area (Å²) in [5, 5.41) is 0.